The summed E-state index contributed by atoms with van der Waals surface area (Å²) in [4.78, 5) is 2.17. The number of hydrogen-bond donors (Lipinski definition) is 1. The molecule has 2 nitrogen and oxygen atoms in total. The van der Waals surface area contributed by atoms with Crippen molar-refractivity contribution in [3.8, 4) is 0 Å². The van der Waals surface area contributed by atoms with E-state index in [1.807, 2.05) is 25.1 Å². The minimum absolute atomic E-state index is 0.807. The predicted octanol–water partition coefficient (Wildman–Crippen LogP) is 2.89. The smallest absolute Gasteiger partial charge is 0.0503 e. The summed E-state index contributed by atoms with van der Waals surface area (Å²) in [6.07, 6.45) is 0. The molecule has 0 bridgehead atoms. The Hall–Kier alpha value is -0.710. The highest BCUT2D eigenvalue weighted by Crippen LogP contribution is 2.24. The van der Waals surface area contributed by atoms with E-state index in [9.17, 15) is 0 Å². The zero-order valence-electron chi connectivity index (χ0n) is 8.55. The molecule has 2 N–H and O–H groups in total. The van der Waals surface area contributed by atoms with Gasteiger partial charge in [0.1, 0.15) is 0 Å². The Balaban J connectivity index is 2.90. The third-order valence-electron chi connectivity index (χ3n) is 1.89. The van der Waals surface area contributed by atoms with Crippen molar-refractivity contribution in [2.24, 2.45) is 0 Å². The molecule has 1 aromatic carbocycles. The van der Waals surface area contributed by atoms with E-state index in [-0.39, 0.29) is 0 Å². The van der Waals surface area contributed by atoms with Crippen molar-refractivity contribution < 1.29 is 0 Å². The highest BCUT2D eigenvalue weighted by Gasteiger charge is 2.05. The number of nitrogen functional groups attached to an aromatic ring is 1. The van der Waals surface area contributed by atoms with E-state index >= 15 is 0 Å². The molecule has 3 heteroatoms. The molecule has 14 heavy (non-hydrogen) atoms. The van der Waals surface area contributed by atoms with Crippen LogP contribution >= 0.6 is 22.6 Å². The number of nitrogens with zero attached hydrogens (tertiary/aromatic N) is 1. The van der Waals surface area contributed by atoms with Crippen LogP contribution in [0.15, 0.2) is 30.4 Å². The average molecular weight is 302 g/mol. The summed E-state index contributed by atoms with van der Waals surface area (Å²) >= 11 is 2.30. The van der Waals surface area contributed by atoms with Crippen molar-refractivity contribution in [1.29, 1.82) is 0 Å². The van der Waals surface area contributed by atoms with Crippen LogP contribution < -0.4 is 10.6 Å². The van der Waals surface area contributed by atoms with Crippen LogP contribution in [-0.2, 0) is 0 Å². The number of hydrogen-bond acceptors (Lipinski definition) is 2. The fourth-order valence-corrected chi connectivity index (χ4v) is 2.27. The Labute approximate surface area is 98.9 Å². The van der Waals surface area contributed by atoms with Crippen LogP contribution in [-0.4, -0.2) is 13.6 Å². The quantitative estimate of drug-likeness (QED) is 0.528. The van der Waals surface area contributed by atoms with Crippen LogP contribution in [0.2, 0.25) is 0 Å². The summed E-state index contributed by atoms with van der Waals surface area (Å²) in [5, 5.41) is 0. The lowest BCUT2D eigenvalue weighted by atomic mass is 10.2. The molecular weight excluding hydrogens is 287 g/mol. The molecule has 0 atom stereocenters. The first-order chi connectivity index (χ1) is 6.50. The number of likely N-dealkylation sites (N-methyl/N-ethyl adjacent to an activating group) is 1. The molecule has 1 aromatic rings. The van der Waals surface area contributed by atoms with E-state index in [2.05, 4.69) is 41.1 Å². The second-order valence-corrected chi connectivity index (χ2v) is 4.69. The van der Waals surface area contributed by atoms with Gasteiger partial charge in [-0.3, -0.25) is 0 Å². The van der Waals surface area contributed by atoms with Crippen LogP contribution in [0, 0.1) is 3.57 Å². The van der Waals surface area contributed by atoms with Crippen LogP contribution in [0.25, 0.3) is 0 Å². The van der Waals surface area contributed by atoms with Gasteiger partial charge in [-0.05, 0) is 47.7 Å². The highest BCUT2D eigenvalue weighted by atomic mass is 127. The third-order valence-corrected chi connectivity index (χ3v) is 2.75. The molecule has 0 aliphatic carbocycles. The Kier molecular flexibility index (Phi) is 3.80. The third kappa shape index (κ3) is 2.90. The molecule has 0 unspecified atom stereocenters. The van der Waals surface area contributed by atoms with Crippen LogP contribution in [0.4, 0.5) is 11.4 Å². The van der Waals surface area contributed by atoms with Gasteiger partial charge in [-0.25, -0.2) is 0 Å². The normalized spacial score (nSPS) is 9.93. The summed E-state index contributed by atoms with van der Waals surface area (Å²) in [5.41, 5.74) is 8.85. The van der Waals surface area contributed by atoms with Gasteiger partial charge >= 0.3 is 0 Å². The van der Waals surface area contributed by atoms with E-state index in [0.717, 1.165) is 17.8 Å². The standard InChI is InChI=1S/C11H15IN2/c1-8(2)7-14(3)11-5-4-9(13)6-10(11)12/h4-6H,1,7,13H2,2-3H3. The minimum atomic E-state index is 0.807. The molecule has 0 fully saturated rings. The lowest BCUT2D eigenvalue weighted by Gasteiger charge is -2.20. The average Bonchev–Trinajstić information content (AvgIpc) is 2.01. The minimum Gasteiger partial charge on any atom is -0.399 e. The SMILES string of the molecule is C=C(C)CN(C)c1ccc(N)cc1I. The van der Waals surface area contributed by atoms with E-state index in [0.29, 0.717) is 0 Å². The van der Waals surface area contributed by atoms with Crippen LogP contribution in [0.1, 0.15) is 6.92 Å². The molecule has 0 saturated heterocycles. The van der Waals surface area contributed by atoms with E-state index in [4.69, 9.17) is 5.73 Å². The second-order valence-electron chi connectivity index (χ2n) is 3.52. The summed E-state index contributed by atoms with van der Waals surface area (Å²) in [7, 11) is 2.06. The maximum absolute atomic E-state index is 5.69. The Morgan fingerprint density at radius 2 is 2.21 bits per heavy atom. The predicted molar refractivity (Wildman–Crippen MR) is 71.7 cm³/mol. The first-order valence-electron chi connectivity index (χ1n) is 4.41. The van der Waals surface area contributed by atoms with Gasteiger partial charge in [0.05, 0.1) is 5.69 Å². The largest absolute Gasteiger partial charge is 0.399 e. The van der Waals surface area contributed by atoms with Crippen molar-refractivity contribution in [2.75, 3.05) is 24.2 Å². The van der Waals surface area contributed by atoms with Gasteiger partial charge in [0, 0.05) is 22.8 Å². The van der Waals surface area contributed by atoms with Gasteiger partial charge in [0.2, 0.25) is 0 Å². The van der Waals surface area contributed by atoms with Gasteiger partial charge in [0.25, 0.3) is 0 Å². The molecule has 0 aromatic heterocycles. The fraction of sp³-hybridized carbons (Fsp3) is 0.273. The number of benzene rings is 1. The molecule has 1 rings (SSSR count). The summed E-state index contributed by atoms with van der Waals surface area (Å²) in [6.45, 7) is 6.80. The molecule has 0 saturated carbocycles. The van der Waals surface area contributed by atoms with Crippen LogP contribution in [0.3, 0.4) is 0 Å². The zero-order chi connectivity index (χ0) is 10.7. The van der Waals surface area contributed by atoms with Gasteiger partial charge in [-0.1, -0.05) is 12.2 Å². The maximum atomic E-state index is 5.69. The van der Waals surface area contributed by atoms with Gasteiger partial charge in [-0.2, -0.15) is 0 Å². The number of halogens is 1. The fourth-order valence-electron chi connectivity index (χ4n) is 1.32. The molecule has 0 amide bonds. The van der Waals surface area contributed by atoms with E-state index < -0.39 is 0 Å². The second kappa shape index (κ2) is 4.68. The van der Waals surface area contributed by atoms with E-state index in [1.54, 1.807) is 0 Å². The first kappa shape index (κ1) is 11.4. The maximum Gasteiger partial charge on any atom is 0.0503 e. The summed E-state index contributed by atoms with van der Waals surface area (Å²) in [5.74, 6) is 0. The molecule has 0 radical (unpaired) electrons. The lowest BCUT2D eigenvalue weighted by Crippen LogP contribution is -2.19. The van der Waals surface area contributed by atoms with Gasteiger partial charge in [-0.15, -0.1) is 0 Å². The monoisotopic (exact) mass is 302 g/mol. The number of rotatable bonds is 3. The first-order valence-corrected chi connectivity index (χ1v) is 5.49. The molecule has 76 valence electrons. The van der Waals surface area contributed by atoms with Crippen molar-refractivity contribution in [1.82, 2.24) is 0 Å². The Morgan fingerprint density at radius 1 is 1.57 bits per heavy atom. The molecule has 0 aliphatic heterocycles. The molecular formula is C11H15IN2. The topological polar surface area (TPSA) is 29.3 Å². The van der Waals surface area contributed by atoms with Gasteiger partial charge in [0.15, 0.2) is 0 Å². The lowest BCUT2D eigenvalue weighted by molar-refractivity contribution is 0.982. The van der Waals surface area contributed by atoms with Crippen molar-refractivity contribution in [3.05, 3.63) is 33.9 Å². The van der Waals surface area contributed by atoms with Crippen LogP contribution in [0.5, 0.6) is 0 Å². The molecule has 0 heterocycles. The number of nitrogens with two attached hydrogens (primary N) is 1. The number of anilines is 2. The van der Waals surface area contributed by atoms with Crippen molar-refractivity contribution in [2.45, 2.75) is 6.92 Å². The van der Waals surface area contributed by atoms with Crippen molar-refractivity contribution >= 4 is 34.0 Å². The summed E-state index contributed by atoms with van der Waals surface area (Å²) < 4.78 is 1.17. The summed E-state index contributed by atoms with van der Waals surface area (Å²) in [6, 6.07) is 5.94. The zero-order valence-corrected chi connectivity index (χ0v) is 10.7. The van der Waals surface area contributed by atoms with Crippen molar-refractivity contribution in [3.63, 3.8) is 0 Å². The molecule has 0 spiro atoms. The van der Waals surface area contributed by atoms with E-state index in [1.165, 1.54) is 9.26 Å². The highest BCUT2D eigenvalue weighted by molar-refractivity contribution is 14.1. The Morgan fingerprint density at radius 3 is 2.71 bits per heavy atom. The molecule has 0 aliphatic rings. The Bertz CT molecular complexity index is 347. The van der Waals surface area contributed by atoms with Gasteiger partial charge < -0.3 is 10.6 Å².